The van der Waals surface area contributed by atoms with Gasteiger partial charge in [0.25, 0.3) is 0 Å². The summed E-state index contributed by atoms with van der Waals surface area (Å²) in [7, 11) is 0. The predicted molar refractivity (Wildman–Crippen MR) is 135 cm³/mol. The lowest BCUT2D eigenvalue weighted by Crippen LogP contribution is -2.44. The van der Waals surface area contributed by atoms with E-state index in [2.05, 4.69) is 39.0 Å². The van der Waals surface area contributed by atoms with Gasteiger partial charge in [-0.3, -0.25) is 9.36 Å². The number of ether oxygens (including phenoxy) is 1. The van der Waals surface area contributed by atoms with Gasteiger partial charge in [0.1, 0.15) is 0 Å². The molecule has 3 aromatic rings. The molecule has 6 rings (SSSR count). The first-order valence-corrected chi connectivity index (χ1v) is 12.9. The van der Waals surface area contributed by atoms with Crippen molar-refractivity contribution in [2.45, 2.75) is 44.1 Å². The molecule has 0 radical (unpaired) electrons. The number of anilines is 1. The number of nitrogens with zero attached hydrogens (tertiary/aromatic N) is 3. The number of imidazole rings is 1. The molecule has 34 heavy (non-hydrogen) atoms. The van der Waals surface area contributed by atoms with Crippen LogP contribution in [0, 0.1) is 5.92 Å². The molecule has 8 heteroatoms. The van der Waals surface area contributed by atoms with Gasteiger partial charge in [-0.1, -0.05) is 35.3 Å². The van der Waals surface area contributed by atoms with Crippen LogP contribution < -0.4 is 10.2 Å². The van der Waals surface area contributed by atoms with Crippen molar-refractivity contribution in [1.82, 2.24) is 14.9 Å². The number of fused-ring (bicyclic) bond motifs is 1. The quantitative estimate of drug-likeness (QED) is 0.516. The maximum atomic E-state index is 12.8. The highest BCUT2D eigenvalue weighted by atomic mass is 35.5. The van der Waals surface area contributed by atoms with Crippen LogP contribution in [0.1, 0.15) is 43.6 Å². The minimum Gasteiger partial charge on any atom is -0.379 e. The maximum Gasteiger partial charge on any atom is 0.223 e. The minimum absolute atomic E-state index is 0.0244. The van der Waals surface area contributed by atoms with Crippen molar-refractivity contribution in [2.24, 2.45) is 5.92 Å². The molecule has 0 bridgehead atoms. The molecule has 1 amide bonds. The smallest absolute Gasteiger partial charge is 0.223 e. The van der Waals surface area contributed by atoms with Crippen molar-refractivity contribution in [3.63, 3.8) is 0 Å². The lowest BCUT2D eigenvalue weighted by atomic mass is 9.95. The van der Waals surface area contributed by atoms with Crippen molar-refractivity contribution < 1.29 is 9.53 Å². The highest BCUT2D eigenvalue weighted by Gasteiger charge is 2.30. The molecule has 6 nitrogen and oxygen atoms in total. The van der Waals surface area contributed by atoms with Gasteiger partial charge in [-0.15, -0.1) is 0 Å². The minimum atomic E-state index is 0.0244. The van der Waals surface area contributed by atoms with Crippen LogP contribution in [0.4, 0.5) is 5.95 Å². The van der Waals surface area contributed by atoms with Gasteiger partial charge in [0, 0.05) is 31.3 Å². The number of hydrogen-bond acceptors (Lipinski definition) is 4. The largest absolute Gasteiger partial charge is 0.379 e. The average Bonchev–Trinajstić information content (AvgIpc) is 3.46. The van der Waals surface area contributed by atoms with E-state index in [0.29, 0.717) is 22.6 Å². The van der Waals surface area contributed by atoms with E-state index in [1.807, 2.05) is 12.1 Å². The van der Waals surface area contributed by atoms with Crippen molar-refractivity contribution in [3.8, 4) is 5.69 Å². The summed E-state index contributed by atoms with van der Waals surface area (Å²) in [5, 5.41) is 4.18. The first-order valence-electron chi connectivity index (χ1n) is 12.2. The fraction of sp³-hybridized carbons (Fsp3) is 0.462. The summed E-state index contributed by atoms with van der Waals surface area (Å²) in [6.07, 6.45) is 5.06. The molecule has 178 valence electrons. The molecule has 2 aliphatic heterocycles. The lowest BCUT2D eigenvalue weighted by molar-refractivity contribution is -0.126. The topological polar surface area (TPSA) is 59.4 Å². The summed E-state index contributed by atoms with van der Waals surface area (Å²) in [5.74, 6) is 1.76. The summed E-state index contributed by atoms with van der Waals surface area (Å²) < 4.78 is 7.56. The third-order valence-electron chi connectivity index (χ3n) is 7.30. The van der Waals surface area contributed by atoms with Crippen LogP contribution in [0.25, 0.3) is 16.7 Å². The van der Waals surface area contributed by atoms with Crippen LogP contribution in [0.5, 0.6) is 0 Å². The summed E-state index contributed by atoms with van der Waals surface area (Å²) in [6, 6.07) is 12.7. The summed E-state index contributed by atoms with van der Waals surface area (Å²) in [4.78, 5) is 20.0. The fourth-order valence-corrected chi connectivity index (χ4v) is 5.46. The molecule has 3 aliphatic rings. The van der Waals surface area contributed by atoms with E-state index >= 15 is 0 Å². The Hall–Kier alpha value is -2.28. The molecule has 1 atom stereocenters. The number of halogens is 2. The molecule has 3 fully saturated rings. The molecule has 0 spiro atoms. The highest BCUT2D eigenvalue weighted by molar-refractivity contribution is 6.42. The van der Waals surface area contributed by atoms with Gasteiger partial charge in [-0.05, 0) is 67.9 Å². The van der Waals surface area contributed by atoms with E-state index in [0.717, 1.165) is 61.6 Å². The Kier molecular flexibility index (Phi) is 5.92. The van der Waals surface area contributed by atoms with Gasteiger partial charge in [0.15, 0.2) is 0 Å². The Morgan fingerprint density at radius 1 is 1.00 bits per heavy atom. The molecule has 3 heterocycles. The molecule has 2 saturated heterocycles. The number of carbonyl (C=O) groups excluding carboxylic acids is 1. The van der Waals surface area contributed by atoms with Crippen molar-refractivity contribution >= 4 is 46.1 Å². The van der Waals surface area contributed by atoms with E-state index in [1.165, 1.54) is 18.4 Å². The second-order valence-corrected chi connectivity index (χ2v) is 10.5. The monoisotopic (exact) mass is 498 g/mol. The zero-order valence-corrected chi connectivity index (χ0v) is 20.5. The summed E-state index contributed by atoms with van der Waals surface area (Å²) in [6.45, 7) is 2.89. The molecular weight excluding hydrogens is 471 g/mol. The van der Waals surface area contributed by atoms with Crippen molar-refractivity contribution in [3.05, 3.63) is 52.0 Å². The number of amides is 1. The maximum absolute atomic E-state index is 12.8. The van der Waals surface area contributed by atoms with Crippen molar-refractivity contribution in [2.75, 3.05) is 31.2 Å². The molecule has 1 saturated carbocycles. The number of carbonyl (C=O) groups is 1. The number of aromatic nitrogens is 2. The summed E-state index contributed by atoms with van der Waals surface area (Å²) in [5.41, 5.74) is 4.21. The summed E-state index contributed by atoms with van der Waals surface area (Å²) >= 11 is 12.7. The van der Waals surface area contributed by atoms with E-state index < -0.39 is 0 Å². The molecule has 2 aromatic carbocycles. The van der Waals surface area contributed by atoms with E-state index in [-0.39, 0.29) is 17.9 Å². The number of nitrogens with one attached hydrogen (secondary N) is 1. The van der Waals surface area contributed by atoms with Gasteiger partial charge in [0.2, 0.25) is 11.9 Å². The molecular formula is C26H28Cl2N4O2. The van der Waals surface area contributed by atoms with E-state index in [1.54, 1.807) is 0 Å². The van der Waals surface area contributed by atoms with Gasteiger partial charge in [-0.25, -0.2) is 4.98 Å². The second-order valence-electron chi connectivity index (χ2n) is 9.70. The van der Waals surface area contributed by atoms with Gasteiger partial charge in [0.05, 0.1) is 33.7 Å². The Morgan fingerprint density at radius 2 is 1.74 bits per heavy atom. The van der Waals surface area contributed by atoms with Crippen LogP contribution in [0.3, 0.4) is 0 Å². The molecule has 1 aliphatic carbocycles. The first kappa shape index (κ1) is 22.2. The van der Waals surface area contributed by atoms with Gasteiger partial charge >= 0.3 is 0 Å². The Bertz CT molecular complexity index is 1210. The molecule has 1 aromatic heterocycles. The first-order chi connectivity index (χ1) is 16.6. The predicted octanol–water partition coefficient (Wildman–Crippen LogP) is 5.33. The molecule has 0 unspecified atom stereocenters. The number of benzene rings is 2. The van der Waals surface area contributed by atoms with E-state index in [9.17, 15) is 4.79 Å². The Labute approximate surface area is 209 Å². The third kappa shape index (κ3) is 4.28. The van der Waals surface area contributed by atoms with Crippen molar-refractivity contribution in [1.29, 1.82) is 0 Å². The fourth-order valence-electron chi connectivity index (χ4n) is 5.15. The SMILES string of the molecule is O=C(N[C@@H]1CCOC1)C1CCN(c2nc3cc(Cl)c(Cl)cc3n2-c2ccc(C3CC3)cc2)CC1. The van der Waals surface area contributed by atoms with Crippen LogP contribution in [0.2, 0.25) is 10.0 Å². The standard InChI is InChI=1S/C26H28Cl2N4O2/c27-21-13-23-24(14-22(21)28)32(20-5-3-17(4-6-20)16-1-2-16)26(30-23)31-10-7-18(8-11-31)25(33)29-19-9-12-34-15-19/h3-6,13-14,16,18-19H,1-2,7-12,15H2,(H,29,33)/t19-/m1/s1. The Morgan fingerprint density at radius 3 is 2.41 bits per heavy atom. The van der Waals surface area contributed by atoms with Crippen LogP contribution in [-0.2, 0) is 9.53 Å². The number of hydrogen-bond donors (Lipinski definition) is 1. The zero-order valence-electron chi connectivity index (χ0n) is 19.0. The van der Waals surface area contributed by atoms with Crippen LogP contribution in [0.15, 0.2) is 36.4 Å². The second kappa shape index (κ2) is 9.06. The number of rotatable bonds is 5. The Balaban J connectivity index is 1.28. The average molecular weight is 499 g/mol. The zero-order chi connectivity index (χ0) is 23.2. The van der Waals surface area contributed by atoms with Crippen LogP contribution in [-0.4, -0.2) is 47.8 Å². The van der Waals surface area contributed by atoms with E-state index in [4.69, 9.17) is 32.9 Å². The normalized spacial score (nSPS) is 21.4. The van der Waals surface area contributed by atoms with Gasteiger partial charge < -0.3 is 15.0 Å². The third-order valence-corrected chi connectivity index (χ3v) is 8.03. The lowest BCUT2D eigenvalue weighted by Gasteiger charge is -2.32. The highest BCUT2D eigenvalue weighted by Crippen LogP contribution is 2.41. The van der Waals surface area contributed by atoms with Crippen LogP contribution >= 0.6 is 23.2 Å². The van der Waals surface area contributed by atoms with Gasteiger partial charge in [-0.2, -0.15) is 0 Å². The number of piperidine rings is 1. The molecule has 1 N–H and O–H groups in total.